The van der Waals surface area contributed by atoms with E-state index in [1.54, 1.807) is 23.0 Å². The first-order valence-corrected chi connectivity index (χ1v) is 9.28. The molecule has 2 heterocycles. The maximum absolute atomic E-state index is 13.7. The van der Waals surface area contributed by atoms with Crippen molar-refractivity contribution in [2.24, 2.45) is 0 Å². The second-order valence-corrected chi connectivity index (χ2v) is 7.48. The van der Waals surface area contributed by atoms with E-state index in [1.807, 2.05) is 19.1 Å². The molecule has 0 aliphatic carbocycles. The molecule has 4 rings (SSSR count). The molecule has 2 aromatic heterocycles. The summed E-state index contributed by atoms with van der Waals surface area (Å²) >= 11 is 2.79. The summed E-state index contributed by atoms with van der Waals surface area (Å²) in [5.74, 6) is -2.69. The molecule has 0 aliphatic heterocycles. The minimum atomic E-state index is -0.911. The number of halogens is 2. The summed E-state index contributed by atoms with van der Waals surface area (Å²) in [6, 6.07) is 7.31. The van der Waals surface area contributed by atoms with Crippen LogP contribution in [0.4, 0.5) is 13.9 Å². The highest BCUT2D eigenvalue weighted by Crippen LogP contribution is 2.34. The number of aromatic nitrogens is 2. The Balaban J connectivity index is 1.63. The van der Waals surface area contributed by atoms with Crippen LogP contribution in [-0.2, 0) is 0 Å². The van der Waals surface area contributed by atoms with Gasteiger partial charge in [-0.25, -0.2) is 18.7 Å². The number of amides is 1. The van der Waals surface area contributed by atoms with Gasteiger partial charge in [-0.05, 0) is 42.3 Å². The van der Waals surface area contributed by atoms with Crippen LogP contribution in [0.5, 0.6) is 0 Å². The van der Waals surface area contributed by atoms with Gasteiger partial charge in [0.2, 0.25) is 0 Å². The lowest BCUT2D eigenvalue weighted by Gasteiger charge is -2.04. The molecule has 0 bridgehead atoms. The number of fused-ring (bicyclic) bond motifs is 1. The van der Waals surface area contributed by atoms with Crippen molar-refractivity contribution in [3.8, 4) is 10.4 Å². The lowest BCUT2D eigenvalue weighted by atomic mass is 10.1. The van der Waals surface area contributed by atoms with Crippen LogP contribution in [-0.4, -0.2) is 15.9 Å². The van der Waals surface area contributed by atoms with Crippen molar-refractivity contribution in [1.29, 1.82) is 0 Å². The van der Waals surface area contributed by atoms with Gasteiger partial charge in [0.1, 0.15) is 17.2 Å². The second-order valence-electron chi connectivity index (χ2n) is 5.57. The number of anilines is 1. The molecule has 8 heteroatoms. The molecule has 26 heavy (non-hydrogen) atoms. The largest absolute Gasteiger partial charge is 0.298 e. The third kappa shape index (κ3) is 2.97. The highest BCUT2D eigenvalue weighted by atomic mass is 32.1. The Morgan fingerprint density at radius 2 is 1.92 bits per heavy atom. The predicted octanol–water partition coefficient (Wildman–Crippen LogP) is 5.26. The van der Waals surface area contributed by atoms with Gasteiger partial charge in [0, 0.05) is 6.20 Å². The molecule has 0 radical (unpaired) electrons. The number of carbonyl (C=O) groups is 1. The molecular weight excluding hydrogens is 376 g/mol. The lowest BCUT2D eigenvalue weighted by molar-refractivity contribution is 0.101. The molecule has 0 atom stereocenters. The molecule has 4 nitrogen and oxygen atoms in total. The van der Waals surface area contributed by atoms with Gasteiger partial charge in [-0.15, -0.1) is 11.3 Å². The quantitative estimate of drug-likeness (QED) is 0.522. The number of benzene rings is 2. The Kier molecular flexibility index (Phi) is 4.21. The van der Waals surface area contributed by atoms with Crippen LogP contribution in [0.1, 0.15) is 15.9 Å². The number of carbonyl (C=O) groups excluding carboxylic acids is 1. The molecule has 130 valence electrons. The molecule has 0 aliphatic rings. The van der Waals surface area contributed by atoms with Gasteiger partial charge in [-0.2, -0.15) is 0 Å². The van der Waals surface area contributed by atoms with E-state index in [0.29, 0.717) is 0 Å². The third-order valence-corrected chi connectivity index (χ3v) is 5.60. The number of thiazole rings is 2. The second kappa shape index (κ2) is 6.54. The highest BCUT2D eigenvalue weighted by Gasteiger charge is 2.18. The summed E-state index contributed by atoms with van der Waals surface area (Å²) < 4.78 is 28.5. The zero-order valence-corrected chi connectivity index (χ0v) is 15.0. The van der Waals surface area contributed by atoms with Gasteiger partial charge < -0.3 is 0 Å². The van der Waals surface area contributed by atoms with E-state index in [-0.39, 0.29) is 5.13 Å². The third-order valence-electron chi connectivity index (χ3n) is 3.86. The average molecular weight is 387 g/mol. The molecule has 1 amide bonds. The Morgan fingerprint density at radius 3 is 2.69 bits per heavy atom. The maximum atomic E-state index is 13.7. The van der Waals surface area contributed by atoms with Crippen LogP contribution in [0.25, 0.3) is 20.7 Å². The van der Waals surface area contributed by atoms with Crippen LogP contribution >= 0.6 is 22.7 Å². The number of hydrogen-bond donors (Lipinski definition) is 1. The smallest absolute Gasteiger partial charge is 0.263 e. The summed E-state index contributed by atoms with van der Waals surface area (Å²) in [5, 5.41) is 2.73. The topological polar surface area (TPSA) is 54.9 Å². The molecule has 2 aromatic carbocycles. The fraction of sp³-hybridized carbons (Fsp3) is 0.0556. The van der Waals surface area contributed by atoms with E-state index in [4.69, 9.17) is 0 Å². The standard InChI is InChI=1S/C18H11F2N3OS2/c1-9-5-13-14(25-8-22-13)6-10(9)15-7-21-18(26-15)23-17(24)16-11(19)3-2-4-12(16)20/h2-8H,1H3,(H,21,23,24). The molecule has 0 spiro atoms. The van der Waals surface area contributed by atoms with E-state index in [1.165, 1.54) is 17.4 Å². The minimum absolute atomic E-state index is 0.274. The van der Waals surface area contributed by atoms with Gasteiger partial charge >= 0.3 is 0 Å². The van der Waals surface area contributed by atoms with E-state index < -0.39 is 23.1 Å². The molecule has 0 saturated carbocycles. The number of rotatable bonds is 3. The number of nitrogens with one attached hydrogen (secondary N) is 1. The number of hydrogen-bond acceptors (Lipinski definition) is 5. The summed E-state index contributed by atoms with van der Waals surface area (Å²) in [4.78, 5) is 21.5. The monoisotopic (exact) mass is 387 g/mol. The van der Waals surface area contributed by atoms with Crippen molar-refractivity contribution in [1.82, 2.24) is 9.97 Å². The summed E-state index contributed by atoms with van der Waals surface area (Å²) in [5.41, 5.74) is 4.12. The molecule has 0 fully saturated rings. The van der Waals surface area contributed by atoms with E-state index in [2.05, 4.69) is 15.3 Å². The molecule has 1 N–H and O–H groups in total. The van der Waals surface area contributed by atoms with Gasteiger partial charge in [0.05, 0.1) is 20.6 Å². The van der Waals surface area contributed by atoms with Crippen LogP contribution in [0.15, 0.2) is 42.0 Å². The molecule has 0 unspecified atom stereocenters. The normalized spacial score (nSPS) is 11.0. The molecule has 0 saturated heterocycles. The van der Waals surface area contributed by atoms with Crippen LogP contribution in [0.3, 0.4) is 0 Å². The average Bonchev–Trinajstić information content (AvgIpc) is 3.22. The minimum Gasteiger partial charge on any atom is -0.298 e. The first kappa shape index (κ1) is 16.7. The zero-order valence-electron chi connectivity index (χ0n) is 13.4. The predicted molar refractivity (Wildman–Crippen MR) is 99.8 cm³/mol. The maximum Gasteiger partial charge on any atom is 0.263 e. The van der Waals surface area contributed by atoms with Crippen molar-refractivity contribution >= 4 is 43.9 Å². The van der Waals surface area contributed by atoms with Crippen LogP contribution < -0.4 is 5.32 Å². The number of nitrogens with zero attached hydrogens (tertiary/aromatic N) is 2. The summed E-state index contributed by atoms with van der Waals surface area (Å²) in [6.45, 7) is 1.97. The van der Waals surface area contributed by atoms with Gasteiger partial charge in [-0.3, -0.25) is 10.1 Å². The van der Waals surface area contributed by atoms with E-state index >= 15 is 0 Å². The van der Waals surface area contributed by atoms with Gasteiger partial charge in [0.25, 0.3) is 5.91 Å². The zero-order chi connectivity index (χ0) is 18.3. The summed E-state index contributed by atoms with van der Waals surface area (Å²) in [7, 11) is 0. The first-order chi connectivity index (χ1) is 12.5. The Labute approximate surface area is 155 Å². The van der Waals surface area contributed by atoms with Crippen molar-refractivity contribution in [2.45, 2.75) is 6.92 Å². The van der Waals surface area contributed by atoms with Gasteiger partial charge in [-0.1, -0.05) is 17.4 Å². The van der Waals surface area contributed by atoms with Crippen LogP contribution in [0.2, 0.25) is 0 Å². The first-order valence-electron chi connectivity index (χ1n) is 7.58. The Bertz CT molecular complexity index is 1120. The fourth-order valence-corrected chi connectivity index (χ4v) is 4.20. The SMILES string of the molecule is Cc1cc2ncsc2cc1-c1cnc(NC(=O)c2c(F)cccc2F)s1. The highest BCUT2D eigenvalue weighted by molar-refractivity contribution is 7.19. The van der Waals surface area contributed by atoms with E-state index in [0.717, 1.165) is 38.4 Å². The van der Waals surface area contributed by atoms with Crippen molar-refractivity contribution in [3.63, 3.8) is 0 Å². The van der Waals surface area contributed by atoms with Crippen molar-refractivity contribution in [2.75, 3.05) is 5.32 Å². The Hall–Kier alpha value is -2.71. The van der Waals surface area contributed by atoms with Gasteiger partial charge in [0.15, 0.2) is 5.13 Å². The fourth-order valence-electron chi connectivity index (χ4n) is 2.60. The van der Waals surface area contributed by atoms with Crippen molar-refractivity contribution in [3.05, 3.63) is 64.8 Å². The van der Waals surface area contributed by atoms with Crippen LogP contribution in [0, 0.1) is 18.6 Å². The Morgan fingerprint density at radius 1 is 1.15 bits per heavy atom. The number of aryl methyl sites for hydroxylation is 1. The lowest BCUT2D eigenvalue weighted by Crippen LogP contribution is -2.15. The molecular formula is C18H11F2N3OS2. The van der Waals surface area contributed by atoms with E-state index in [9.17, 15) is 13.6 Å². The van der Waals surface area contributed by atoms with Crippen molar-refractivity contribution < 1.29 is 13.6 Å². The molecule has 4 aromatic rings. The summed E-state index contributed by atoms with van der Waals surface area (Å²) in [6.07, 6.45) is 1.63.